The number of hydrogen-bond acceptors (Lipinski definition) is 3. The summed E-state index contributed by atoms with van der Waals surface area (Å²) in [6.45, 7) is 7.79. The maximum atomic E-state index is 11.8. The lowest BCUT2D eigenvalue weighted by Gasteiger charge is -2.36. The summed E-state index contributed by atoms with van der Waals surface area (Å²) in [6, 6.07) is 0.250. The number of allylic oxidation sites excluding steroid dienone is 2. The van der Waals surface area contributed by atoms with Gasteiger partial charge in [0, 0.05) is 24.8 Å². The van der Waals surface area contributed by atoms with Gasteiger partial charge >= 0.3 is 6.09 Å². The fraction of sp³-hybridized carbons (Fsp3) is 0.833. The minimum atomic E-state index is -0.422. The molecule has 1 aliphatic carbocycles. The van der Waals surface area contributed by atoms with E-state index in [0.717, 1.165) is 25.9 Å². The molecule has 0 atom stereocenters. The van der Waals surface area contributed by atoms with Crippen molar-refractivity contribution < 1.29 is 9.53 Å². The van der Waals surface area contributed by atoms with Crippen molar-refractivity contribution in [3.05, 3.63) is 11.8 Å². The molecule has 0 bridgehead atoms. The van der Waals surface area contributed by atoms with Gasteiger partial charge in [-0.2, -0.15) is 0 Å². The molecule has 1 fully saturated rings. The van der Waals surface area contributed by atoms with Crippen molar-refractivity contribution in [3.63, 3.8) is 0 Å². The Morgan fingerprint density at radius 3 is 2.55 bits per heavy atom. The third-order valence-corrected chi connectivity index (χ3v) is 4.39. The number of carbonyl (C=O) groups is 1. The van der Waals surface area contributed by atoms with E-state index < -0.39 is 5.60 Å². The van der Waals surface area contributed by atoms with E-state index in [1.54, 1.807) is 0 Å². The average Bonchev–Trinajstić information content (AvgIpc) is 2.37. The summed E-state index contributed by atoms with van der Waals surface area (Å²) >= 11 is 0. The Kier molecular flexibility index (Phi) is 6.16. The Labute approximate surface area is 135 Å². The Morgan fingerprint density at radius 2 is 1.86 bits per heavy atom. The van der Waals surface area contributed by atoms with Crippen LogP contribution in [0.3, 0.4) is 0 Å². The van der Waals surface area contributed by atoms with Crippen molar-refractivity contribution in [1.82, 2.24) is 10.2 Å². The van der Waals surface area contributed by atoms with Gasteiger partial charge in [0.15, 0.2) is 0 Å². The number of piperidine rings is 1. The first-order valence-corrected chi connectivity index (χ1v) is 8.87. The molecule has 1 aliphatic heterocycles. The minimum Gasteiger partial charge on any atom is -0.444 e. The standard InChI is InChI=1S/C18H32N2O2/c1-18(2,3)22-17(21)19-15-11-13-20(14-12-15)16-9-7-5-4-6-8-10-16/h9,15H,4-8,10-14H2,1-3H3,(H,19,21)/b16-9+. The fourth-order valence-electron chi connectivity index (χ4n) is 3.25. The molecule has 4 heteroatoms. The molecule has 22 heavy (non-hydrogen) atoms. The summed E-state index contributed by atoms with van der Waals surface area (Å²) in [5.74, 6) is 0. The van der Waals surface area contributed by atoms with Crippen molar-refractivity contribution in [1.29, 1.82) is 0 Å². The van der Waals surface area contributed by atoms with Gasteiger partial charge in [0.1, 0.15) is 5.60 Å². The second kappa shape index (κ2) is 7.89. The van der Waals surface area contributed by atoms with Crippen molar-refractivity contribution in [3.8, 4) is 0 Å². The molecular formula is C18H32N2O2. The third kappa shape index (κ3) is 5.90. The summed E-state index contributed by atoms with van der Waals surface area (Å²) in [7, 11) is 0. The molecule has 0 spiro atoms. The van der Waals surface area contributed by atoms with E-state index in [2.05, 4.69) is 16.3 Å². The molecule has 0 unspecified atom stereocenters. The summed E-state index contributed by atoms with van der Waals surface area (Å²) in [4.78, 5) is 14.4. The van der Waals surface area contributed by atoms with E-state index in [-0.39, 0.29) is 12.1 Å². The van der Waals surface area contributed by atoms with Gasteiger partial charge in [-0.1, -0.05) is 18.9 Å². The van der Waals surface area contributed by atoms with Crippen molar-refractivity contribution >= 4 is 6.09 Å². The maximum absolute atomic E-state index is 11.8. The highest BCUT2D eigenvalue weighted by Gasteiger charge is 2.24. The number of ether oxygens (including phenoxy) is 1. The second-order valence-corrected chi connectivity index (χ2v) is 7.56. The summed E-state index contributed by atoms with van der Waals surface area (Å²) in [5, 5.41) is 3.01. The van der Waals surface area contributed by atoms with Crippen LogP contribution in [0.2, 0.25) is 0 Å². The van der Waals surface area contributed by atoms with Gasteiger partial charge in [-0.15, -0.1) is 0 Å². The molecular weight excluding hydrogens is 276 g/mol. The molecule has 0 aromatic rings. The fourth-order valence-corrected chi connectivity index (χ4v) is 3.25. The van der Waals surface area contributed by atoms with Crippen LogP contribution < -0.4 is 5.32 Å². The number of hydrogen-bond donors (Lipinski definition) is 1. The lowest BCUT2D eigenvalue weighted by molar-refractivity contribution is 0.0484. The van der Waals surface area contributed by atoms with Gasteiger partial charge in [0.05, 0.1) is 0 Å². The molecule has 0 radical (unpaired) electrons. The number of alkyl carbamates (subject to hydrolysis) is 1. The highest BCUT2D eigenvalue weighted by molar-refractivity contribution is 5.68. The molecule has 2 rings (SSSR count). The first kappa shape index (κ1) is 17.2. The summed E-state index contributed by atoms with van der Waals surface area (Å²) in [5.41, 5.74) is 1.12. The van der Waals surface area contributed by atoms with Gasteiger partial charge in [0.2, 0.25) is 0 Å². The average molecular weight is 308 g/mol. The quantitative estimate of drug-likeness (QED) is 0.830. The van der Waals surface area contributed by atoms with E-state index in [4.69, 9.17) is 4.74 Å². The van der Waals surface area contributed by atoms with Crippen molar-refractivity contribution in [2.45, 2.75) is 83.8 Å². The molecule has 4 nitrogen and oxygen atoms in total. The first-order chi connectivity index (χ1) is 10.4. The van der Waals surface area contributed by atoms with E-state index in [0.29, 0.717) is 0 Å². The smallest absolute Gasteiger partial charge is 0.407 e. The van der Waals surface area contributed by atoms with E-state index in [1.165, 1.54) is 44.2 Å². The molecule has 1 saturated heterocycles. The Morgan fingerprint density at radius 1 is 1.18 bits per heavy atom. The van der Waals surface area contributed by atoms with Crippen LogP contribution in [0.5, 0.6) is 0 Å². The lowest BCUT2D eigenvalue weighted by atomic mass is 10.00. The van der Waals surface area contributed by atoms with Crippen LogP contribution in [-0.2, 0) is 4.74 Å². The Balaban J connectivity index is 1.76. The predicted molar refractivity (Wildman–Crippen MR) is 89.7 cm³/mol. The van der Waals surface area contributed by atoms with Crippen LogP contribution in [0.25, 0.3) is 0 Å². The van der Waals surface area contributed by atoms with Gasteiger partial charge in [-0.25, -0.2) is 4.79 Å². The molecule has 0 aromatic heterocycles. The van der Waals surface area contributed by atoms with Gasteiger partial charge in [0.25, 0.3) is 0 Å². The van der Waals surface area contributed by atoms with E-state index in [1.807, 2.05) is 20.8 Å². The number of amides is 1. The van der Waals surface area contributed by atoms with Gasteiger partial charge in [-0.3, -0.25) is 0 Å². The van der Waals surface area contributed by atoms with Crippen LogP contribution in [0.4, 0.5) is 4.79 Å². The molecule has 0 aromatic carbocycles. The van der Waals surface area contributed by atoms with Crippen molar-refractivity contribution in [2.75, 3.05) is 13.1 Å². The van der Waals surface area contributed by atoms with Crippen molar-refractivity contribution in [2.24, 2.45) is 0 Å². The highest BCUT2D eigenvalue weighted by Crippen LogP contribution is 2.23. The second-order valence-electron chi connectivity index (χ2n) is 7.56. The number of likely N-dealkylation sites (tertiary alicyclic amines) is 1. The van der Waals surface area contributed by atoms with E-state index in [9.17, 15) is 4.79 Å². The molecule has 126 valence electrons. The number of rotatable bonds is 2. The Bertz CT molecular complexity index is 390. The maximum Gasteiger partial charge on any atom is 0.407 e. The van der Waals surface area contributed by atoms with Gasteiger partial charge in [-0.05, 0) is 59.3 Å². The zero-order valence-corrected chi connectivity index (χ0v) is 14.5. The van der Waals surface area contributed by atoms with Gasteiger partial charge < -0.3 is 15.0 Å². The minimum absolute atomic E-state index is 0.250. The topological polar surface area (TPSA) is 41.6 Å². The van der Waals surface area contributed by atoms with Crippen LogP contribution in [0.15, 0.2) is 11.8 Å². The molecule has 1 N–H and O–H groups in total. The molecule has 1 amide bonds. The van der Waals surface area contributed by atoms with Crippen LogP contribution in [0, 0.1) is 0 Å². The van der Waals surface area contributed by atoms with Crippen LogP contribution >= 0.6 is 0 Å². The lowest BCUT2D eigenvalue weighted by Crippen LogP contribution is -2.45. The monoisotopic (exact) mass is 308 g/mol. The third-order valence-electron chi connectivity index (χ3n) is 4.39. The normalized spacial score (nSPS) is 24.0. The zero-order chi connectivity index (χ0) is 16.0. The summed E-state index contributed by atoms with van der Waals surface area (Å²) < 4.78 is 5.34. The zero-order valence-electron chi connectivity index (χ0n) is 14.5. The van der Waals surface area contributed by atoms with E-state index >= 15 is 0 Å². The molecule has 0 saturated carbocycles. The highest BCUT2D eigenvalue weighted by atomic mass is 16.6. The number of nitrogens with zero attached hydrogens (tertiary/aromatic N) is 1. The Hall–Kier alpha value is -1.19. The predicted octanol–water partition coefficient (Wildman–Crippen LogP) is 4.21. The first-order valence-electron chi connectivity index (χ1n) is 8.87. The number of nitrogens with one attached hydrogen (secondary N) is 1. The molecule has 1 heterocycles. The SMILES string of the molecule is CC(C)(C)OC(=O)NC1CCN(/C2=C/CCCCCC2)CC1. The number of carbonyl (C=O) groups excluding carboxylic acids is 1. The largest absolute Gasteiger partial charge is 0.444 e. The molecule has 2 aliphatic rings. The summed E-state index contributed by atoms with van der Waals surface area (Å²) in [6.07, 6.45) is 12.0. The van der Waals surface area contributed by atoms with Crippen LogP contribution in [-0.4, -0.2) is 35.7 Å². The van der Waals surface area contributed by atoms with Crippen LogP contribution in [0.1, 0.15) is 72.1 Å².